The molecule has 1 saturated heterocycles. The first-order chi connectivity index (χ1) is 7.77. The molecule has 1 aliphatic heterocycles. The van der Waals surface area contributed by atoms with Gasteiger partial charge in [0, 0.05) is 26.2 Å². The Kier molecular flexibility index (Phi) is 4.22. The molecule has 2 rings (SSSR count). The number of rotatable bonds is 2. The van der Waals surface area contributed by atoms with Gasteiger partial charge in [-0.15, -0.1) is 0 Å². The van der Waals surface area contributed by atoms with Crippen molar-refractivity contribution < 1.29 is 0 Å². The van der Waals surface area contributed by atoms with E-state index >= 15 is 0 Å². The molecule has 0 aromatic heterocycles. The molecule has 0 spiro atoms. The minimum atomic E-state index is 0.317. The first kappa shape index (κ1) is 12.3. The van der Waals surface area contributed by atoms with Crippen molar-refractivity contribution in [2.75, 3.05) is 40.3 Å². The number of nitrogens with zero attached hydrogens (tertiary/aromatic N) is 2. The first-order valence-corrected chi connectivity index (χ1v) is 6.89. The smallest absolute Gasteiger partial charge is 0.0710 e. The van der Waals surface area contributed by atoms with Gasteiger partial charge in [-0.3, -0.25) is 4.90 Å². The summed E-state index contributed by atoms with van der Waals surface area (Å²) in [4.78, 5) is 5.15. The zero-order valence-corrected chi connectivity index (χ0v) is 11.0. The van der Waals surface area contributed by atoms with Crippen molar-refractivity contribution in [1.82, 2.24) is 15.1 Å². The molecule has 0 amide bonds. The summed E-state index contributed by atoms with van der Waals surface area (Å²) in [6.45, 7) is 4.92. The molecule has 0 aromatic carbocycles. The molecular weight excluding hydrogens is 198 g/mol. The fourth-order valence-electron chi connectivity index (χ4n) is 3.27. The topological polar surface area (TPSA) is 18.5 Å². The highest BCUT2D eigenvalue weighted by Crippen LogP contribution is 2.30. The highest BCUT2D eigenvalue weighted by molar-refractivity contribution is 4.91. The Morgan fingerprint density at radius 2 is 1.44 bits per heavy atom. The van der Waals surface area contributed by atoms with Crippen molar-refractivity contribution in [3.8, 4) is 0 Å². The Bertz CT molecular complexity index is 201. The molecule has 2 fully saturated rings. The van der Waals surface area contributed by atoms with Crippen molar-refractivity contribution in [3.05, 3.63) is 0 Å². The predicted molar refractivity (Wildman–Crippen MR) is 68.6 cm³/mol. The van der Waals surface area contributed by atoms with E-state index in [9.17, 15) is 0 Å². The molecular formula is C13H27N3. The van der Waals surface area contributed by atoms with Gasteiger partial charge in [0.05, 0.1) is 5.66 Å². The van der Waals surface area contributed by atoms with Gasteiger partial charge in [-0.2, -0.15) is 0 Å². The van der Waals surface area contributed by atoms with Gasteiger partial charge < -0.3 is 10.2 Å². The van der Waals surface area contributed by atoms with E-state index in [1.54, 1.807) is 0 Å². The largest absolute Gasteiger partial charge is 0.304 e. The maximum absolute atomic E-state index is 3.65. The van der Waals surface area contributed by atoms with Crippen LogP contribution in [0.15, 0.2) is 0 Å². The fraction of sp³-hybridized carbons (Fsp3) is 1.00. The van der Waals surface area contributed by atoms with Gasteiger partial charge in [0.1, 0.15) is 0 Å². The normalized spacial score (nSPS) is 28.9. The van der Waals surface area contributed by atoms with Gasteiger partial charge in [0.25, 0.3) is 0 Å². The van der Waals surface area contributed by atoms with Crippen LogP contribution in [0, 0.1) is 0 Å². The van der Waals surface area contributed by atoms with Crippen LogP contribution in [0.2, 0.25) is 0 Å². The van der Waals surface area contributed by atoms with E-state index in [0.717, 1.165) is 0 Å². The number of nitrogens with one attached hydrogen (secondary N) is 1. The van der Waals surface area contributed by atoms with Crippen molar-refractivity contribution in [1.29, 1.82) is 0 Å². The maximum Gasteiger partial charge on any atom is 0.0710 e. The molecule has 0 atom stereocenters. The molecule has 0 bridgehead atoms. The van der Waals surface area contributed by atoms with Crippen molar-refractivity contribution in [3.63, 3.8) is 0 Å². The zero-order chi connectivity index (χ0) is 11.4. The molecule has 3 heteroatoms. The lowest BCUT2D eigenvalue weighted by atomic mass is 9.97. The third kappa shape index (κ3) is 2.58. The number of hydrogen-bond acceptors (Lipinski definition) is 3. The SMILES string of the molecule is CNC1(N2CCN(C)CC2)CCCCCC1. The molecule has 0 aromatic rings. The summed E-state index contributed by atoms with van der Waals surface area (Å²) in [7, 11) is 4.39. The second-order valence-corrected chi connectivity index (χ2v) is 5.49. The van der Waals surface area contributed by atoms with Crippen molar-refractivity contribution in [2.24, 2.45) is 0 Å². The molecule has 0 radical (unpaired) electrons. The Labute approximate surface area is 100 Å². The van der Waals surface area contributed by atoms with E-state index in [1.165, 1.54) is 64.7 Å². The second-order valence-electron chi connectivity index (χ2n) is 5.49. The van der Waals surface area contributed by atoms with E-state index in [0.29, 0.717) is 5.66 Å². The predicted octanol–water partition coefficient (Wildman–Crippen LogP) is 1.50. The first-order valence-electron chi connectivity index (χ1n) is 6.89. The van der Waals surface area contributed by atoms with Gasteiger partial charge in [-0.1, -0.05) is 25.7 Å². The zero-order valence-electron chi connectivity index (χ0n) is 11.0. The van der Waals surface area contributed by atoms with E-state index in [1.807, 2.05) is 0 Å². The quantitative estimate of drug-likeness (QED) is 0.719. The summed E-state index contributed by atoms with van der Waals surface area (Å²) < 4.78 is 0. The van der Waals surface area contributed by atoms with Crippen LogP contribution in [0.1, 0.15) is 38.5 Å². The molecule has 16 heavy (non-hydrogen) atoms. The van der Waals surface area contributed by atoms with E-state index in [2.05, 4.69) is 29.2 Å². The summed E-state index contributed by atoms with van der Waals surface area (Å²) in [5, 5.41) is 3.65. The number of hydrogen-bond donors (Lipinski definition) is 1. The lowest BCUT2D eigenvalue weighted by molar-refractivity contribution is 0.00938. The lowest BCUT2D eigenvalue weighted by Gasteiger charge is -2.47. The molecule has 1 aliphatic carbocycles. The van der Waals surface area contributed by atoms with Crippen LogP contribution in [0.5, 0.6) is 0 Å². The van der Waals surface area contributed by atoms with Crippen molar-refractivity contribution in [2.45, 2.75) is 44.2 Å². The van der Waals surface area contributed by atoms with E-state index in [-0.39, 0.29) is 0 Å². The van der Waals surface area contributed by atoms with Crippen LogP contribution >= 0.6 is 0 Å². The third-order valence-corrected chi connectivity index (χ3v) is 4.50. The standard InChI is InChI=1S/C13H27N3/c1-14-13(7-5-3-4-6-8-13)16-11-9-15(2)10-12-16/h14H,3-12H2,1-2H3. The Balaban J connectivity index is 2.01. The highest BCUT2D eigenvalue weighted by atomic mass is 15.4. The molecule has 1 heterocycles. The molecule has 1 saturated carbocycles. The minimum absolute atomic E-state index is 0.317. The van der Waals surface area contributed by atoms with E-state index < -0.39 is 0 Å². The van der Waals surface area contributed by atoms with Crippen LogP contribution in [0.3, 0.4) is 0 Å². The van der Waals surface area contributed by atoms with Gasteiger partial charge in [0.15, 0.2) is 0 Å². The molecule has 1 N–H and O–H groups in total. The summed E-state index contributed by atoms with van der Waals surface area (Å²) in [5.74, 6) is 0. The third-order valence-electron chi connectivity index (χ3n) is 4.50. The molecule has 94 valence electrons. The van der Waals surface area contributed by atoms with Gasteiger partial charge in [-0.25, -0.2) is 0 Å². The van der Waals surface area contributed by atoms with E-state index in [4.69, 9.17) is 0 Å². The highest BCUT2D eigenvalue weighted by Gasteiger charge is 2.36. The number of likely N-dealkylation sites (N-methyl/N-ethyl adjacent to an activating group) is 1. The second kappa shape index (κ2) is 5.48. The minimum Gasteiger partial charge on any atom is -0.304 e. The van der Waals surface area contributed by atoms with Crippen molar-refractivity contribution >= 4 is 0 Å². The average Bonchev–Trinajstić information content (AvgIpc) is 2.56. The average molecular weight is 225 g/mol. The van der Waals surface area contributed by atoms with Gasteiger partial charge in [0.2, 0.25) is 0 Å². The summed E-state index contributed by atoms with van der Waals surface area (Å²) in [6, 6.07) is 0. The monoisotopic (exact) mass is 225 g/mol. The molecule has 0 unspecified atom stereocenters. The van der Waals surface area contributed by atoms with Crippen LogP contribution in [-0.2, 0) is 0 Å². The maximum atomic E-state index is 3.65. The van der Waals surface area contributed by atoms with Crippen LogP contribution in [-0.4, -0.2) is 55.7 Å². The Morgan fingerprint density at radius 1 is 0.875 bits per heavy atom. The fourth-order valence-corrected chi connectivity index (χ4v) is 3.27. The lowest BCUT2D eigenvalue weighted by Crippen LogP contribution is -2.62. The summed E-state index contributed by atoms with van der Waals surface area (Å²) >= 11 is 0. The van der Waals surface area contributed by atoms with Crippen LogP contribution in [0.25, 0.3) is 0 Å². The van der Waals surface area contributed by atoms with Gasteiger partial charge in [-0.05, 0) is 26.9 Å². The van der Waals surface area contributed by atoms with Crippen LogP contribution < -0.4 is 5.32 Å². The summed E-state index contributed by atoms with van der Waals surface area (Å²) in [5.41, 5.74) is 0.317. The number of piperazine rings is 1. The van der Waals surface area contributed by atoms with Gasteiger partial charge >= 0.3 is 0 Å². The van der Waals surface area contributed by atoms with Crippen LogP contribution in [0.4, 0.5) is 0 Å². The summed E-state index contributed by atoms with van der Waals surface area (Å²) in [6.07, 6.45) is 8.33. The molecule has 2 aliphatic rings. The Hall–Kier alpha value is -0.120. The molecule has 3 nitrogen and oxygen atoms in total. The Morgan fingerprint density at radius 3 is 1.94 bits per heavy atom.